The average molecular weight is 336 g/mol. The van der Waals surface area contributed by atoms with Gasteiger partial charge in [-0.05, 0) is 25.2 Å². The topological polar surface area (TPSA) is 76.4 Å². The van der Waals surface area contributed by atoms with E-state index in [0.717, 1.165) is 37.9 Å². The third-order valence-electron chi connectivity index (χ3n) is 4.36. The fraction of sp³-hybridized carbons (Fsp3) is 0.824. The van der Waals surface area contributed by atoms with Crippen molar-refractivity contribution in [3.8, 4) is 0 Å². The van der Waals surface area contributed by atoms with Crippen LogP contribution in [0.15, 0.2) is 11.3 Å². The van der Waals surface area contributed by atoms with E-state index in [1.807, 2.05) is 7.05 Å². The number of rotatable bonds is 5. The largest absolute Gasteiger partial charge is 0.377 e. The van der Waals surface area contributed by atoms with E-state index in [4.69, 9.17) is 4.74 Å². The van der Waals surface area contributed by atoms with Gasteiger partial charge in [0.05, 0.1) is 6.10 Å². The van der Waals surface area contributed by atoms with Crippen LogP contribution in [0, 0.1) is 11.3 Å². The van der Waals surface area contributed by atoms with Crippen LogP contribution in [0.1, 0.15) is 46.4 Å². The lowest BCUT2D eigenvalue weighted by atomic mass is 9.78. The summed E-state index contributed by atoms with van der Waals surface area (Å²) >= 11 is 0. The molecule has 2 unspecified atom stereocenters. The molecule has 2 N–H and O–H groups in total. The number of nitrogens with one attached hydrogen (secondary N) is 2. The molecule has 1 aliphatic rings. The number of guanidine groups is 1. The third-order valence-corrected chi connectivity index (χ3v) is 4.36. The van der Waals surface area contributed by atoms with Gasteiger partial charge >= 0.3 is 0 Å². The highest BCUT2D eigenvalue weighted by molar-refractivity contribution is 5.79. The van der Waals surface area contributed by atoms with Gasteiger partial charge in [-0.2, -0.15) is 5.10 Å². The Hall–Kier alpha value is -1.63. The van der Waals surface area contributed by atoms with Crippen molar-refractivity contribution in [2.75, 3.05) is 19.7 Å². The Labute approximate surface area is 145 Å². The van der Waals surface area contributed by atoms with Crippen LogP contribution in [0.2, 0.25) is 0 Å². The van der Waals surface area contributed by atoms with Crippen molar-refractivity contribution in [1.29, 1.82) is 0 Å². The van der Waals surface area contributed by atoms with Crippen LogP contribution >= 0.6 is 0 Å². The molecule has 0 radical (unpaired) electrons. The highest BCUT2D eigenvalue weighted by atomic mass is 16.5. The number of aliphatic imine (C=N–C) groups is 1. The number of nitrogens with zero attached hydrogens (tertiary/aromatic N) is 4. The zero-order chi connectivity index (χ0) is 17.6. The summed E-state index contributed by atoms with van der Waals surface area (Å²) in [5.74, 6) is 2.16. The van der Waals surface area contributed by atoms with Gasteiger partial charge < -0.3 is 15.4 Å². The Bertz CT molecular complexity index is 533. The predicted molar refractivity (Wildman–Crippen MR) is 95.7 cm³/mol. The van der Waals surface area contributed by atoms with E-state index in [0.29, 0.717) is 12.5 Å². The average Bonchev–Trinajstić information content (AvgIpc) is 2.94. The molecule has 2 rings (SSSR count). The van der Waals surface area contributed by atoms with Crippen molar-refractivity contribution in [2.45, 2.75) is 53.2 Å². The molecule has 1 aromatic rings. The summed E-state index contributed by atoms with van der Waals surface area (Å²) in [6, 6.07) is 0. The molecule has 2 heterocycles. The van der Waals surface area contributed by atoms with Gasteiger partial charge in [-0.3, -0.25) is 4.68 Å². The quantitative estimate of drug-likeness (QED) is 0.632. The maximum absolute atomic E-state index is 6.06. The highest BCUT2D eigenvalue weighted by Crippen LogP contribution is 2.33. The van der Waals surface area contributed by atoms with E-state index in [-0.39, 0.29) is 11.5 Å². The standard InChI is InChI=1S/C17H32N6O/c1-6-18-16(20-11-14-21-12-22-23(14)5)19-10-13-8-7-9-24-15(13)17(2,3)4/h12-13,15H,6-11H2,1-5H3,(H2,18,19,20). The first-order valence-corrected chi connectivity index (χ1v) is 8.88. The molecule has 136 valence electrons. The van der Waals surface area contributed by atoms with Crippen molar-refractivity contribution >= 4 is 5.96 Å². The Morgan fingerprint density at radius 2 is 2.21 bits per heavy atom. The molecule has 1 aliphatic heterocycles. The molecular formula is C17H32N6O. The first-order chi connectivity index (χ1) is 11.4. The maximum Gasteiger partial charge on any atom is 0.191 e. The molecule has 7 heteroatoms. The van der Waals surface area contributed by atoms with Gasteiger partial charge in [0.1, 0.15) is 18.7 Å². The minimum Gasteiger partial charge on any atom is -0.377 e. The van der Waals surface area contributed by atoms with Crippen molar-refractivity contribution in [3.05, 3.63) is 12.2 Å². The zero-order valence-electron chi connectivity index (χ0n) is 15.7. The summed E-state index contributed by atoms with van der Waals surface area (Å²) < 4.78 is 7.81. The van der Waals surface area contributed by atoms with Crippen molar-refractivity contribution in [2.24, 2.45) is 23.4 Å². The number of hydrogen-bond acceptors (Lipinski definition) is 4. The number of aryl methyl sites for hydroxylation is 1. The van der Waals surface area contributed by atoms with E-state index >= 15 is 0 Å². The molecule has 0 aromatic carbocycles. The lowest BCUT2D eigenvalue weighted by Gasteiger charge is -2.40. The summed E-state index contributed by atoms with van der Waals surface area (Å²) in [6.45, 7) is 11.9. The first-order valence-electron chi connectivity index (χ1n) is 8.88. The van der Waals surface area contributed by atoms with Gasteiger partial charge in [-0.25, -0.2) is 9.98 Å². The van der Waals surface area contributed by atoms with Crippen LogP contribution in [0.25, 0.3) is 0 Å². The Morgan fingerprint density at radius 1 is 1.42 bits per heavy atom. The van der Waals surface area contributed by atoms with E-state index in [1.54, 1.807) is 11.0 Å². The zero-order valence-corrected chi connectivity index (χ0v) is 15.7. The van der Waals surface area contributed by atoms with Crippen LogP contribution in [0.3, 0.4) is 0 Å². The second kappa shape index (κ2) is 8.46. The van der Waals surface area contributed by atoms with Gasteiger partial charge in [0, 0.05) is 32.7 Å². The van der Waals surface area contributed by atoms with Gasteiger partial charge in [-0.15, -0.1) is 0 Å². The van der Waals surface area contributed by atoms with Crippen LogP contribution in [0.5, 0.6) is 0 Å². The van der Waals surface area contributed by atoms with Crippen LogP contribution < -0.4 is 10.6 Å². The monoisotopic (exact) mass is 336 g/mol. The molecule has 1 saturated heterocycles. The van der Waals surface area contributed by atoms with Gasteiger partial charge in [0.2, 0.25) is 0 Å². The number of aromatic nitrogens is 3. The Morgan fingerprint density at radius 3 is 2.83 bits per heavy atom. The summed E-state index contributed by atoms with van der Waals surface area (Å²) in [6.07, 6.45) is 4.15. The molecule has 0 bridgehead atoms. The Kier molecular flexibility index (Phi) is 6.60. The van der Waals surface area contributed by atoms with Crippen molar-refractivity contribution in [3.63, 3.8) is 0 Å². The van der Waals surface area contributed by atoms with Crippen LogP contribution in [0.4, 0.5) is 0 Å². The van der Waals surface area contributed by atoms with E-state index in [2.05, 4.69) is 53.4 Å². The minimum absolute atomic E-state index is 0.154. The fourth-order valence-corrected chi connectivity index (χ4v) is 3.19. The highest BCUT2D eigenvalue weighted by Gasteiger charge is 2.35. The van der Waals surface area contributed by atoms with Gasteiger partial charge in [0.15, 0.2) is 5.96 Å². The first kappa shape index (κ1) is 18.7. The fourth-order valence-electron chi connectivity index (χ4n) is 3.19. The summed E-state index contributed by atoms with van der Waals surface area (Å²) in [7, 11) is 1.88. The molecule has 0 aliphatic carbocycles. The van der Waals surface area contributed by atoms with Crippen LogP contribution in [-0.4, -0.2) is 46.5 Å². The maximum atomic E-state index is 6.06. The molecule has 7 nitrogen and oxygen atoms in total. The van der Waals surface area contributed by atoms with Crippen molar-refractivity contribution in [1.82, 2.24) is 25.4 Å². The number of ether oxygens (including phenoxy) is 1. The van der Waals surface area contributed by atoms with E-state index in [1.165, 1.54) is 6.42 Å². The molecule has 24 heavy (non-hydrogen) atoms. The summed E-state index contributed by atoms with van der Waals surface area (Å²) in [4.78, 5) is 8.83. The molecular weight excluding hydrogens is 304 g/mol. The summed E-state index contributed by atoms with van der Waals surface area (Å²) in [5, 5.41) is 10.8. The smallest absolute Gasteiger partial charge is 0.191 e. The van der Waals surface area contributed by atoms with Gasteiger partial charge in [-0.1, -0.05) is 20.8 Å². The second-order valence-electron chi connectivity index (χ2n) is 7.44. The molecule has 0 spiro atoms. The van der Waals surface area contributed by atoms with Crippen molar-refractivity contribution < 1.29 is 4.74 Å². The minimum atomic E-state index is 0.154. The van der Waals surface area contributed by atoms with Crippen LogP contribution in [-0.2, 0) is 18.3 Å². The normalized spacial score (nSPS) is 22.5. The molecule has 0 saturated carbocycles. The predicted octanol–water partition coefficient (Wildman–Crippen LogP) is 1.71. The molecule has 1 aromatic heterocycles. The van der Waals surface area contributed by atoms with E-state index in [9.17, 15) is 0 Å². The molecule has 0 amide bonds. The number of hydrogen-bond donors (Lipinski definition) is 2. The van der Waals surface area contributed by atoms with Gasteiger partial charge in [0.25, 0.3) is 0 Å². The lowest BCUT2D eigenvalue weighted by Crippen LogP contribution is -2.47. The Balaban J connectivity index is 1.95. The third kappa shape index (κ3) is 5.19. The lowest BCUT2D eigenvalue weighted by molar-refractivity contribution is -0.0835. The van der Waals surface area contributed by atoms with E-state index < -0.39 is 0 Å². The second-order valence-corrected chi connectivity index (χ2v) is 7.44. The molecule has 1 fully saturated rings. The summed E-state index contributed by atoms with van der Waals surface area (Å²) in [5.41, 5.74) is 0.154. The molecule has 2 atom stereocenters. The SMILES string of the molecule is CCNC(=NCc1ncnn1C)NCC1CCCOC1C(C)(C)C.